The van der Waals surface area contributed by atoms with Gasteiger partial charge in [-0.05, 0) is 48.9 Å². The number of nitrogens with zero attached hydrogens (tertiary/aromatic N) is 2. The van der Waals surface area contributed by atoms with Crippen molar-refractivity contribution in [1.82, 2.24) is 5.01 Å². The van der Waals surface area contributed by atoms with Gasteiger partial charge in [0.2, 0.25) is 6.23 Å². The van der Waals surface area contributed by atoms with Gasteiger partial charge in [0.05, 0.1) is 24.4 Å². The normalized spacial score (nSPS) is 19.6. The lowest BCUT2D eigenvalue weighted by Crippen LogP contribution is -2.34. The van der Waals surface area contributed by atoms with Crippen LogP contribution in [0.1, 0.15) is 40.9 Å². The molecule has 2 heterocycles. The van der Waals surface area contributed by atoms with Gasteiger partial charge in [-0.15, -0.1) is 0 Å². The summed E-state index contributed by atoms with van der Waals surface area (Å²) in [5, 5.41) is 7.12. The maximum absolute atomic E-state index is 6.48. The summed E-state index contributed by atoms with van der Waals surface area (Å²) >= 11 is 7.20. The van der Waals surface area contributed by atoms with E-state index in [-0.39, 0.29) is 12.3 Å². The highest BCUT2D eigenvalue weighted by Gasteiger charge is 2.42. The number of aryl methyl sites for hydroxylation is 1. The fraction of sp³-hybridized carbons (Fsp3) is 0.208. The third-order valence-electron chi connectivity index (χ3n) is 5.59. The van der Waals surface area contributed by atoms with Gasteiger partial charge in [-0.1, -0.05) is 61.7 Å². The minimum atomic E-state index is -0.376. The van der Waals surface area contributed by atoms with Crippen molar-refractivity contribution < 1.29 is 9.47 Å². The largest absolute Gasteiger partial charge is 0.496 e. The van der Waals surface area contributed by atoms with E-state index in [0.29, 0.717) is 0 Å². The van der Waals surface area contributed by atoms with Gasteiger partial charge in [-0.2, -0.15) is 5.10 Å². The van der Waals surface area contributed by atoms with E-state index in [0.717, 1.165) is 49.3 Å². The van der Waals surface area contributed by atoms with Crippen LogP contribution in [0.4, 0.5) is 0 Å². The van der Waals surface area contributed by atoms with E-state index in [1.165, 1.54) is 5.56 Å². The maximum Gasteiger partial charge on any atom is 0.217 e. The Morgan fingerprint density at radius 1 is 0.967 bits per heavy atom. The number of hydrogen-bond acceptors (Lipinski definition) is 4. The lowest BCUT2D eigenvalue weighted by Gasteiger charge is -2.38. The fourth-order valence-corrected chi connectivity index (χ4v) is 4.84. The van der Waals surface area contributed by atoms with Crippen LogP contribution in [0.5, 0.6) is 11.5 Å². The van der Waals surface area contributed by atoms with Crippen LogP contribution in [-0.2, 0) is 0 Å². The summed E-state index contributed by atoms with van der Waals surface area (Å²) in [5.41, 5.74) is 5.53. The Balaban J connectivity index is 1.64. The molecule has 4 nitrogen and oxygen atoms in total. The molecule has 0 fully saturated rings. The molecule has 2 aliphatic heterocycles. The zero-order chi connectivity index (χ0) is 20.8. The molecular formula is C24H20Br2N2O2. The molecule has 0 spiro atoms. The Morgan fingerprint density at radius 2 is 1.67 bits per heavy atom. The van der Waals surface area contributed by atoms with Crippen molar-refractivity contribution >= 4 is 37.6 Å². The number of benzene rings is 3. The topological polar surface area (TPSA) is 34.1 Å². The summed E-state index contributed by atoms with van der Waals surface area (Å²) in [6.07, 6.45) is 0.446. The number of hydrogen-bond donors (Lipinski definition) is 0. The minimum Gasteiger partial charge on any atom is -0.496 e. The van der Waals surface area contributed by atoms with Crippen LogP contribution in [0.25, 0.3) is 0 Å². The van der Waals surface area contributed by atoms with Crippen LogP contribution in [0, 0.1) is 6.92 Å². The van der Waals surface area contributed by atoms with Crippen LogP contribution >= 0.6 is 31.9 Å². The summed E-state index contributed by atoms with van der Waals surface area (Å²) in [6.45, 7) is 2.10. The predicted molar refractivity (Wildman–Crippen MR) is 125 cm³/mol. The molecule has 3 aromatic rings. The average molecular weight is 528 g/mol. The van der Waals surface area contributed by atoms with Crippen molar-refractivity contribution in [2.24, 2.45) is 5.10 Å². The molecule has 6 heteroatoms. The number of rotatable bonds is 3. The highest BCUT2D eigenvalue weighted by atomic mass is 79.9. The Labute approximate surface area is 192 Å². The van der Waals surface area contributed by atoms with Gasteiger partial charge in [0.25, 0.3) is 0 Å². The van der Waals surface area contributed by atoms with E-state index in [1.807, 2.05) is 30.3 Å². The number of halogens is 2. The third kappa shape index (κ3) is 3.42. The standard InChI is InChI=1S/C24H20Br2N2O2/c1-14-3-5-15(6-4-14)20-13-21-18-11-16(25)8-10-23(18)30-24(28(21)27-20)19-12-17(26)7-9-22(19)29-2/h3-12,21,24H,13H2,1-2H3/t21-,24-/m0/s1. The summed E-state index contributed by atoms with van der Waals surface area (Å²) in [6, 6.07) is 20.8. The Hall–Kier alpha value is -2.31. The molecule has 0 saturated heterocycles. The van der Waals surface area contributed by atoms with E-state index < -0.39 is 0 Å². The number of ether oxygens (including phenoxy) is 2. The van der Waals surface area contributed by atoms with Gasteiger partial charge in [0.15, 0.2) is 0 Å². The first-order valence-electron chi connectivity index (χ1n) is 9.76. The van der Waals surface area contributed by atoms with Gasteiger partial charge >= 0.3 is 0 Å². The zero-order valence-electron chi connectivity index (χ0n) is 16.6. The molecule has 0 aromatic heterocycles. The number of methoxy groups -OCH3 is 1. The van der Waals surface area contributed by atoms with Gasteiger partial charge in [-0.25, -0.2) is 5.01 Å². The maximum atomic E-state index is 6.48. The highest BCUT2D eigenvalue weighted by molar-refractivity contribution is 9.10. The zero-order valence-corrected chi connectivity index (χ0v) is 19.8. The molecule has 0 saturated carbocycles. The quantitative estimate of drug-likeness (QED) is 0.377. The van der Waals surface area contributed by atoms with Gasteiger partial charge < -0.3 is 9.47 Å². The van der Waals surface area contributed by atoms with E-state index in [1.54, 1.807) is 7.11 Å². The molecule has 0 radical (unpaired) electrons. The second-order valence-electron chi connectivity index (χ2n) is 7.55. The SMILES string of the molecule is COc1ccc(Br)cc1[C@@H]1Oc2ccc(Br)cc2[C@@H]2CC(c3ccc(C)cc3)=NN21. The Kier molecular flexibility index (Phi) is 5.07. The lowest BCUT2D eigenvalue weighted by molar-refractivity contribution is -0.0204. The molecular weight excluding hydrogens is 508 g/mol. The Morgan fingerprint density at radius 3 is 2.40 bits per heavy atom. The van der Waals surface area contributed by atoms with Crippen molar-refractivity contribution in [1.29, 1.82) is 0 Å². The molecule has 0 aliphatic carbocycles. The first-order valence-corrected chi connectivity index (χ1v) is 11.3. The predicted octanol–water partition coefficient (Wildman–Crippen LogP) is 6.77. The first kappa shape index (κ1) is 19.6. The second kappa shape index (κ2) is 7.75. The first-order chi connectivity index (χ1) is 14.5. The third-order valence-corrected chi connectivity index (χ3v) is 6.58. The summed E-state index contributed by atoms with van der Waals surface area (Å²) in [7, 11) is 1.68. The molecule has 2 atom stereocenters. The van der Waals surface area contributed by atoms with Crippen molar-refractivity contribution in [2.45, 2.75) is 25.6 Å². The molecule has 5 rings (SSSR count). The molecule has 2 aliphatic rings. The molecule has 0 unspecified atom stereocenters. The number of fused-ring (bicyclic) bond motifs is 3. The van der Waals surface area contributed by atoms with Gasteiger partial charge in [0.1, 0.15) is 11.5 Å². The molecule has 0 amide bonds. The second-order valence-corrected chi connectivity index (χ2v) is 9.38. The van der Waals surface area contributed by atoms with E-state index in [4.69, 9.17) is 14.6 Å². The lowest BCUT2D eigenvalue weighted by atomic mass is 9.95. The van der Waals surface area contributed by atoms with Gasteiger partial charge in [-0.3, -0.25) is 0 Å². The fourth-order valence-electron chi connectivity index (χ4n) is 4.08. The van der Waals surface area contributed by atoms with Crippen LogP contribution in [-0.4, -0.2) is 17.8 Å². The average Bonchev–Trinajstić information content (AvgIpc) is 3.19. The Bertz CT molecular complexity index is 1140. The summed E-state index contributed by atoms with van der Waals surface area (Å²) in [4.78, 5) is 0. The van der Waals surface area contributed by atoms with Crippen LogP contribution < -0.4 is 9.47 Å². The molecule has 0 bridgehead atoms. The minimum absolute atomic E-state index is 0.0937. The van der Waals surface area contributed by atoms with Crippen molar-refractivity contribution in [3.05, 3.63) is 91.9 Å². The van der Waals surface area contributed by atoms with Crippen molar-refractivity contribution in [2.75, 3.05) is 7.11 Å². The van der Waals surface area contributed by atoms with E-state index in [9.17, 15) is 0 Å². The highest BCUT2D eigenvalue weighted by Crippen LogP contribution is 2.49. The smallest absolute Gasteiger partial charge is 0.217 e. The molecule has 0 N–H and O–H groups in total. The van der Waals surface area contributed by atoms with Gasteiger partial charge in [0, 0.05) is 20.9 Å². The van der Waals surface area contributed by atoms with Crippen LogP contribution in [0.3, 0.4) is 0 Å². The van der Waals surface area contributed by atoms with Crippen molar-refractivity contribution in [3.63, 3.8) is 0 Å². The van der Waals surface area contributed by atoms with Crippen LogP contribution in [0.15, 0.2) is 74.7 Å². The molecule has 30 heavy (non-hydrogen) atoms. The van der Waals surface area contributed by atoms with E-state index >= 15 is 0 Å². The number of hydrazone groups is 1. The summed E-state index contributed by atoms with van der Waals surface area (Å²) < 4.78 is 14.1. The molecule has 152 valence electrons. The monoisotopic (exact) mass is 526 g/mol. The molecule has 3 aromatic carbocycles. The summed E-state index contributed by atoms with van der Waals surface area (Å²) in [5.74, 6) is 1.66. The van der Waals surface area contributed by atoms with Crippen molar-refractivity contribution in [3.8, 4) is 11.5 Å². The van der Waals surface area contributed by atoms with E-state index in [2.05, 4.69) is 74.1 Å². The van der Waals surface area contributed by atoms with Crippen LogP contribution in [0.2, 0.25) is 0 Å².